The Bertz CT molecular complexity index is 485. The minimum atomic E-state index is 0.502. The average molecular weight is 263 g/mol. The van der Waals surface area contributed by atoms with Crippen molar-refractivity contribution in [2.45, 2.75) is 46.3 Å². The Morgan fingerprint density at radius 2 is 2.11 bits per heavy atom. The van der Waals surface area contributed by atoms with Gasteiger partial charge in [-0.2, -0.15) is 0 Å². The topological polar surface area (TPSA) is 29.9 Å². The van der Waals surface area contributed by atoms with Gasteiger partial charge in [0, 0.05) is 28.5 Å². The summed E-state index contributed by atoms with van der Waals surface area (Å²) in [4.78, 5) is 7.10. The SMILES string of the molecule is CCc1ccc(Cn2cncc2CNC(C)C)s1. The third-order valence-corrected chi connectivity index (χ3v) is 4.10. The second-order valence-corrected chi connectivity index (χ2v) is 6.02. The number of imidazole rings is 1. The third kappa shape index (κ3) is 3.43. The van der Waals surface area contributed by atoms with Gasteiger partial charge < -0.3 is 9.88 Å². The zero-order chi connectivity index (χ0) is 13.0. The highest BCUT2D eigenvalue weighted by molar-refractivity contribution is 7.11. The maximum absolute atomic E-state index is 4.25. The van der Waals surface area contributed by atoms with Gasteiger partial charge in [0.15, 0.2) is 0 Å². The fraction of sp³-hybridized carbons (Fsp3) is 0.500. The zero-order valence-electron chi connectivity index (χ0n) is 11.3. The van der Waals surface area contributed by atoms with Gasteiger partial charge in [0.1, 0.15) is 0 Å². The molecule has 0 fully saturated rings. The second-order valence-electron chi connectivity index (χ2n) is 4.77. The Labute approximate surface area is 113 Å². The zero-order valence-corrected chi connectivity index (χ0v) is 12.1. The lowest BCUT2D eigenvalue weighted by molar-refractivity contribution is 0.565. The van der Waals surface area contributed by atoms with Gasteiger partial charge in [-0.25, -0.2) is 4.98 Å². The summed E-state index contributed by atoms with van der Waals surface area (Å²) in [6.45, 7) is 8.33. The molecule has 0 saturated carbocycles. The number of aromatic nitrogens is 2. The Morgan fingerprint density at radius 3 is 2.78 bits per heavy atom. The first-order valence-electron chi connectivity index (χ1n) is 6.49. The standard InChI is InChI=1S/C14H21N3S/c1-4-13-5-6-14(18-13)9-17-10-15-7-12(17)8-16-11(2)3/h5-7,10-11,16H,4,8-9H2,1-3H3. The number of nitrogens with zero attached hydrogens (tertiary/aromatic N) is 2. The smallest absolute Gasteiger partial charge is 0.0952 e. The van der Waals surface area contributed by atoms with Crippen molar-refractivity contribution in [3.63, 3.8) is 0 Å². The lowest BCUT2D eigenvalue weighted by atomic mass is 10.3. The summed E-state index contributed by atoms with van der Waals surface area (Å²) in [5.74, 6) is 0. The molecule has 0 aliphatic heterocycles. The summed E-state index contributed by atoms with van der Waals surface area (Å²) in [6, 6.07) is 4.95. The van der Waals surface area contributed by atoms with E-state index in [1.165, 1.54) is 15.4 Å². The van der Waals surface area contributed by atoms with Crippen LogP contribution in [0.2, 0.25) is 0 Å². The van der Waals surface area contributed by atoms with Crippen molar-refractivity contribution in [3.8, 4) is 0 Å². The van der Waals surface area contributed by atoms with E-state index in [1.807, 2.05) is 23.9 Å². The molecule has 18 heavy (non-hydrogen) atoms. The number of hydrogen-bond acceptors (Lipinski definition) is 3. The summed E-state index contributed by atoms with van der Waals surface area (Å²) in [7, 11) is 0. The van der Waals surface area contributed by atoms with E-state index in [0.717, 1.165) is 19.5 Å². The third-order valence-electron chi connectivity index (χ3n) is 2.88. The van der Waals surface area contributed by atoms with E-state index in [-0.39, 0.29) is 0 Å². The van der Waals surface area contributed by atoms with Gasteiger partial charge in [0.25, 0.3) is 0 Å². The first-order chi connectivity index (χ1) is 8.69. The van der Waals surface area contributed by atoms with Gasteiger partial charge in [-0.05, 0) is 18.6 Å². The van der Waals surface area contributed by atoms with Crippen molar-refractivity contribution in [2.24, 2.45) is 0 Å². The van der Waals surface area contributed by atoms with Crippen molar-refractivity contribution in [1.82, 2.24) is 14.9 Å². The van der Waals surface area contributed by atoms with Crippen LogP contribution in [0.5, 0.6) is 0 Å². The molecule has 0 bridgehead atoms. The maximum Gasteiger partial charge on any atom is 0.0952 e. The molecule has 0 radical (unpaired) electrons. The number of nitrogens with one attached hydrogen (secondary N) is 1. The van der Waals surface area contributed by atoms with Crippen LogP contribution in [0.4, 0.5) is 0 Å². The normalized spacial score (nSPS) is 11.3. The molecule has 3 nitrogen and oxygen atoms in total. The molecule has 98 valence electrons. The van der Waals surface area contributed by atoms with E-state index in [4.69, 9.17) is 0 Å². The molecule has 0 spiro atoms. The maximum atomic E-state index is 4.25. The van der Waals surface area contributed by atoms with Crippen LogP contribution in [0.3, 0.4) is 0 Å². The number of thiophene rings is 1. The van der Waals surface area contributed by atoms with Crippen LogP contribution in [0.1, 0.15) is 36.2 Å². The number of hydrogen-bond donors (Lipinski definition) is 1. The largest absolute Gasteiger partial charge is 0.328 e. The van der Waals surface area contributed by atoms with Crippen LogP contribution in [-0.2, 0) is 19.5 Å². The van der Waals surface area contributed by atoms with Gasteiger partial charge in [0.05, 0.1) is 18.6 Å². The fourth-order valence-electron chi connectivity index (χ4n) is 1.81. The molecule has 4 heteroatoms. The van der Waals surface area contributed by atoms with Crippen molar-refractivity contribution >= 4 is 11.3 Å². The average Bonchev–Trinajstić information content (AvgIpc) is 2.96. The van der Waals surface area contributed by atoms with Crippen LogP contribution in [0.25, 0.3) is 0 Å². The molecule has 2 aromatic rings. The molecule has 0 aromatic carbocycles. The molecule has 0 saturated heterocycles. The van der Waals surface area contributed by atoms with Crippen LogP contribution in [0.15, 0.2) is 24.7 Å². The fourth-order valence-corrected chi connectivity index (χ4v) is 2.77. The quantitative estimate of drug-likeness (QED) is 0.868. The highest BCUT2D eigenvalue weighted by atomic mass is 32.1. The van der Waals surface area contributed by atoms with Crippen molar-refractivity contribution < 1.29 is 0 Å². The molecule has 2 rings (SSSR count). The van der Waals surface area contributed by atoms with Crippen LogP contribution in [-0.4, -0.2) is 15.6 Å². The van der Waals surface area contributed by atoms with E-state index in [9.17, 15) is 0 Å². The van der Waals surface area contributed by atoms with E-state index in [2.05, 4.69) is 47.8 Å². The highest BCUT2D eigenvalue weighted by Crippen LogP contribution is 2.18. The van der Waals surface area contributed by atoms with Gasteiger partial charge in [0.2, 0.25) is 0 Å². The summed E-state index contributed by atoms with van der Waals surface area (Å²) in [5, 5.41) is 3.43. The summed E-state index contributed by atoms with van der Waals surface area (Å²) in [6.07, 6.45) is 4.99. The highest BCUT2D eigenvalue weighted by Gasteiger charge is 2.05. The molecule has 0 aliphatic rings. The molecule has 0 atom stereocenters. The van der Waals surface area contributed by atoms with Crippen LogP contribution < -0.4 is 5.32 Å². The van der Waals surface area contributed by atoms with Gasteiger partial charge in [-0.3, -0.25) is 0 Å². The van der Waals surface area contributed by atoms with Gasteiger partial charge >= 0.3 is 0 Å². The van der Waals surface area contributed by atoms with Crippen molar-refractivity contribution in [1.29, 1.82) is 0 Å². The van der Waals surface area contributed by atoms with Crippen molar-refractivity contribution in [3.05, 3.63) is 40.1 Å². The van der Waals surface area contributed by atoms with Crippen LogP contribution >= 0.6 is 11.3 Å². The predicted molar refractivity (Wildman–Crippen MR) is 77.0 cm³/mol. The van der Waals surface area contributed by atoms with Gasteiger partial charge in [-0.15, -0.1) is 11.3 Å². The Balaban J connectivity index is 2.02. The lowest BCUT2D eigenvalue weighted by Crippen LogP contribution is -2.23. The minimum absolute atomic E-state index is 0.502. The summed E-state index contributed by atoms with van der Waals surface area (Å²) in [5.41, 5.74) is 1.25. The van der Waals surface area contributed by atoms with E-state index in [1.54, 1.807) is 0 Å². The van der Waals surface area contributed by atoms with Crippen molar-refractivity contribution in [2.75, 3.05) is 0 Å². The molecule has 0 unspecified atom stereocenters. The number of aryl methyl sites for hydroxylation is 1. The molecule has 0 aliphatic carbocycles. The molecule has 2 heterocycles. The number of rotatable bonds is 6. The van der Waals surface area contributed by atoms with Gasteiger partial charge in [-0.1, -0.05) is 20.8 Å². The molecule has 0 amide bonds. The first kappa shape index (κ1) is 13.3. The van der Waals surface area contributed by atoms with E-state index < -0.39 is 0 Å². The Morgan fingerprint density at radius 1 is 1.33 bits per heavy atom. The lowest BCUT2D eigenvalue weighted by Gasteiger charge is -2.10. The van der Waals surface area contributed by atoms with Crippen LogP contribution in [0, 0.1) is 0 Å². The predicted octanol–water partition coefficient (Wildman–Crippen LogP) is 3.05. The van der Waals surface area contributed by atoms with E-state index in [0.29, 0.717) is 6.04 Å². The Kier molecular flexibility index (Phi) is 4.55. The summed E-state index contributed by atoms with van der Waals surface area (Å²) < 4.78 is 2.22. The molecular formula is C14H21N3S. The second kappa shape index (κ2) is 6.16. The molecule has 1 N–H and O–H groups in total. The Hall–Kier alpha value is -1.13. The van der Waals surface area contributed by atoms with E-state index >= 15 is 0 Å². The molecule has 2 aromatic heterocycles. The first-order valence-corrected chi connectivity index (χ1v) is 7.30. The summed E-state index contributed by atoms with van der Waals surface area (Å²) >= 11 is 1.90. The molecular weight excluding hydrogens is 242 g/mol. The minimum Gasteiger partial charge on any atom is -0.328 e. The monoisotopic (exact) mass is 263 g/mol.